The van der Waals surface area contributed by atoms with Crippen LogP contribution in [0.1, 0.15) is 0 Å². The Balaban J connectivity index is 4.92. The molecule has 1 N–H and O–H groups in total. The van der Waals surface area contributed by atoms with E-state index in [2.05, 4.69) is 11.3 Å². The number of rotatable bonds is 3. The van der Waals surface area contributed by atoms with Crippen LogP contribution in [0.5, 0.6) is 0 Å². The van der Waals surface area contributed by atoms with Crippen molar-refractivity contribution < 1.29 is 41.0 Å². The smallest absolute Gasteiger partial charge is 0.406 e. The van der Waals surface area contributed by atoms with Crippen molar-refractivity contribution in [3.8, 4) is 0 Å². The van der Waals surface area contributed by atoms with E-state index in [1.165, 1.54) is 0 Å². The molecule has 0 amide bonds. The fraction of sp³-hybridized carbons (Fsp3) is 0.571. The molecule has 0 bridgehead atoms. The van der Waals surface area contributed by atoms with Gasteiger partial charge in [-0.15, -0.1) is 0 Å². The molecule has 0 aromatic heterocycles. The van der Waals surface area contributed by atoms with Crippen LogP contribution in [0, 0.1) is 5.92 Å². The van der Waals surface area contributed by atoms with E-state index in [0.717, 1.165) is 0 Å². The minimum Gasteiger partial charge on any atom is -0.432 e. The predicted octanol–water partition coefficient (Wildman–Crippen LogP) is 1.77. The summed E-state index contributed by atoms with van der Waals surface area (Å²) in [5, 5.41) is 8.55. The van der Waals surface area contributed by atoms with Crippen molar-refractivity contribution in [3.63, 3.8) is 0 Å². The van der Waals surface area contributed by atoms with Crippen molar-refractivity contribution in [1.29, 1.82) is 0 Å². The van der Waals surface area contributed by atoms with E-state index in [1.807, 2.05) is 0 Å². The van der Waals surface area contributed by atoms with Crippen LogP contribution in [0.2, 0.25) is 0 Å². The second kappa shape index (κ2) is 4.73. The summed E-state index contributed by atoms with van der Waals surface area (Å²) in [6.07, 6.45) is -14.6. The number of hydrogen-bond donors (Lipinski definition) is 1. The van der Waals surface area contributed by atoms with Gasteiger partial charge in [-0.1, -0.05) is 6.58 Å². The van der Waals surface area contributed by atoms with Crippen LogP contribution >= 0.6 is 0 Å². The van der Waals surface area contributed by atoms with Crippen LogP contribution in [0.25, 0.3) is 0 Å². The molecule has 0 saturated heterocycles. The zero-order valence-corrected chi connectivity index (χ0v) is 7.47. The first-order valence-corrected chi connectivity index (χ1v) is 3.64. The Kier molecular flexibility index (Phi) is 4.36. The van der Waals surface area contributed by atoms with Gasteiger partial charge >= 0.3 is 18.3 Å². The molecule has 0 aromatic rings. The molecule has 1 unspecified atom stereocenters. The van der Waals surface area contributed by atoms with Crippen LogP contribution in [0.15, 0.2) is 12.7 Å². The number of carbonyl (C=O) groups excluding carboxylic acids is 1. The fourth-order valence-corrected chi connectivity index (χ4v) is 0.744. The highest BCUT2D eigenvalue weighted by atomic mass is 19.4. The summed E-state index contributed by atoms with van der Waals surface area (Å²) < 4.78 is 75.0. The standard InChI is InChI=1S/C7H6F6O3/c1-2-3(14)16-5(15)4(6(8,9)10)7(11,12)13/h2,4-5,15H,1H2. The van der Waals surface area contributed by atoms with E-state index in [4.69, 9.17) is 5.11 Å². The maximum absolute atomic E-state index is 11.9. The number of alkyl halides is 6. The van der Waals surface area contributed by atoms with Gasteiger partial charge in [0, 0.05) is 6.08 Å². The minimum absolute atomic E-state index is 0.326. The van der Waals surface area contributed by atoms with Crippen molar-refractivity contribution >= 4 is 5.97 Å². The number of carbonyl (C=O) groups is 1. The van der Waals surface area contributed by atoms with Gasteiger partial charge in [0.05, 0.1) is 0 Å². The molecule has 0 radical (unpaired) electrons. The number of halogens is 6. The molecule has 3 nitrogen and oxygen atoms in total. The number of hydrogen-bond acceptors (Lipinski definition) is 3. The van der Waals surface area contributed by atoms with E-state index in [0.29, 0.717) is 6.08 Å². The molecular formula is C7H6F6O3. The molecule has 16 heavy (non-hydrogen) atoms. The molecule has 0 aliphatic carbocycles. The Morgan fingerprint density at radius 3 is 1.81 bits per heavy atom. The molecule has 94 valence electrons. The topological polar surface area (TPSA) is 46.5 Å². The lowest BCUT2D eigenvalue weighted by Crippen LogP contribution is -2.46. The van der Waals surface area contributed by atoms with Gasteiger partial charge in [0.15, 0.2) is 0 Å². The second-order valence-electron chi connectivity index (χ2n) is 2.59. The minimum atomic E-state index is -5.78. The van der Waals surface area contributed by atoms with Crippen LogP contribution < -0.4 is 0 Å². The predicted molar refractivity (Wildman–Crippen MR) is 37.9 cm³/mol. The molecule has 0 spiro atoms. The highest BCUT2D eigenvalue weighted by Crippen LogP contribution is 2.41. The number of aliphatic hydroxyl groups is 1. The van der Waals surface area contributed by atoms with Crippen LogP contribution in [-0.2, 0) is 9.53 Å². The van der Waals surface area contributed by atoms with Crippen LogP contribution in [0.3, 0.4) is 0 Å². The average Bonchev–Trinajstić information content (AvgIpc) is 1.97. The van der Waals surface area contributed by atoms with Crippen molar-refractivity contribution in [1.82, 2.24) is 0 Å². The first-order chi connectivity index (χ1) is 7.00. The molecule has 0 fully saturated rings. The third-order valence-electron chi connectivity index (χ3n) is 1.39. The van der Waals surface area contributed by atoms with Crippen molar-refractivity contribution in [2.45, 2.75) is 18.6 Å². The monoisotopic (exact) mass is 252 g/mol. The second-order valence-corrected chi connectivity index (χ2v) is 2.59. The van der Waals surface area contributed by atoms with Crippen molar-refractivity contribution in [2.24, 2.45) is 5.92 Å². The third kappa shape index (κ3) is 4.09. The van der Waals surface area contributed by atoms with Gasteiger partial charge in [-0.2, -0.15) is 26.3 Å². The normalized spacial score (nSPS) is 14.8. The Hall–Kier alpha value is -1.25. The summed E-state index contributed by atoms with van der Waals surface area (Å²) in [5.74, 6) is -5.74. The Labute approximate surface area is 85.3 Å². The summed E-state index contributed by atoms with van der Waals surface area (Å²) in [4.78, 5) is 10.3. The summed E-state index contributed by atoms with van der Waals surface area (Å²) >= 11 is 0. The molecule has 0 aliphatic heterocycles. The highest BCUT2D eigenvalue weighted by molar-refractivity contribution is 5.81. The molecule has 0 heterocycles. The van der Waals surface area contributed by atoms with E-state index in [1.54, 1.807) is 0 Å². The SMILES string of the molecule is C=CC(=O)OC(O)C(C(F)(F)F)C(F)(F)F. The average molecular weight is 252 g/mol. The summed E-state index contributed by atoms with van der Waals surface area (Å²) in [6.45, 7) is 2.75. The van der Waals surface area contributed by atoms with E-state index < -0.39 is 30.5 Å². The number of esters is 1. The fourth-order valence-electron chi connectivity index (χ4n) is 0.744. The zero-order chi connectivity index (χ0) is 13.1. The number of aliphatic hydroxyl groups excluding tert-OH is 1. The third-order valence-corrected chi connectivity index (χ3v) is 1.39. The van der Waals surface area contributed by atoms with E-state index in [9.17, 15) is 31.1 Å². The van der Waals surface area contributed by atoms with Crippen molar-refractivity contribution in [2.75, 3.05) is 0 Å². The molecule has 9 heteroatoms. The molecule has 0 saturated carbocycles. The largest absolute Gasteiger partial charge is 0.432 e. The summed E-state index contributed by atoms with van der Waals surface area (Å²) in [6, 6.07) is 0. The van der Waals surface area contributed by atoms with Gasteiger partial charge in [0.1, 0.15) is 0 Å². The molecule has 0 aromatic carbocycles. The Morgan fingerprint density at radius 2 is 1.56 bits per heavy atom. The quantitative estimate of drug-likeness (QED) is 0.360. The van der Waals surface area contributed by atoms with E-state index in [-0.39, 0.29) is 0 Å². The summed E-state index contributed by atoms with van der Waals surface area (Å²) in [5.41, 5.74) is 0. The first-order valence-electron chi connectivity index (χ1n) is 3.64. The van der Waals surface area contributed by atoms with Gasteiger partial charge in [-0.3, -0.25) is 0 Å². The van der Waals surface area contributed by atoms with E-state index >= 15 is 0 Å². The maximum atomic E-state index is 11.9. The van der Waals surface area contributed by atoms with Gasteiger partial charge < -0.3 is 9.84 Å². The van der Waals surface area contributed by atoms with Gasteiger partial charge in [-0.25, -0.2) is 4.79 Å². The van der Waals surface area contributed by atoms with Gasteiger partial charge in [-0.05, 0) is 0 Å². The molecule has 0 aliphatic rings. The zero-order valence-electron chi connectivity index (χ0n) is 7.47. The maximum Gasteiger partial charge on any atom is 0.406 e. The van der Waals surface area contributed by atoms with Gasteiger partial charge in [0.2, 0.25) is 12.2 Å². The summed E-state index contributed by atoms with van der Waals surface area (Å²) in [7, 11) is 0. The Morgan fingerprint density at radius 1 is 1.19 bits per heavy atom. The Bertz CT molecular complexity index is 254. The van der Waals surface area contributed by atoms with Crippen molar-refractivity contribution in [3.05, 3.63) is 12.7 Å². The van der Waals surface area contributed by atoms with Gasteiger partial charge in [0.25, 0.3) is 0 Å². The lowest BCUT2D eigenvalue weighted by atomic mass is 10.1. The van der Waals surface area contributed by atoms with Crippen LogP contribution in [-0.4, -0.2) is 29.7 Å². The molecule has 1 atom stereocenters. The number of ether oxygens (including phenoxy) is 1. The molecule has 0 rings (SSSR count). The lowest BCUT2D eigenvalue weighted by Gasteiger charge is -2.26. The lowest BCUT2D eigenvalue weighted by molar-refractivity contribution is -0.333. The first kappa shape index (κ1) is 14.8. The molecular weight excluding hydrogens is 246 g/mol. The highest BCUT2D eigenvalue weighted by Gasteiger charge is 2.61. The van der Waals surface area contributed by atoms with Crippen LogP contribution in [0.4, 0.5) is 26.3 Å².